The van der Waals surface area contributed by atoms with Crippen molar-refractivity contribution in [1.82, 2.24) is 14.9 Å². The predicted molar refractivity (Wildman–Crippen MR) is 204 cm³/mol. The number of carbonyl (C=O) groups is 1. The van der Waals surface area contributed by atoms with Gasteiger partial charge in [0.05, 0.1) is 32.0 Å². The number of anilines is 1. The number of fused-ring (bicyclic) bond motifs is 2. The number of phosphoric ester groups is 2. The first kappa shape index (κ1) is 43.4. The van der Waals surface area contributed by atoms with Crippen LogP contribution in [0.1, 0.15) is 16.6 Å². The number of carboxylic acids is 1. The van der Waals surface area contributed by atoms with Crippen molar-refractivity contribution < 1.29 is 71.4 Å². The minimum atomic E-state index is -5.64. The second kappa shape index (κ2) is 18.0. The molecule has 0 amide bonds. The molecule has 3 aliphatic rings. The topological polar surface area (TPSA) is 334 Å². The first-order valence-corrected chi connectivity index (χ1v) is 20.4. The highest BCUT2D eigenvalue weighted by Crippen LogP contribution is 2.55. The van der Waals surface area contributed by atoms with Crippen LogP contribution in [0.4, 0.5) is 5.69 Å². The number of hydrogen-bond acceptors (Lipinski definition) is 18. The highest BCUT2D eigenvalue weighted by molar-refractivity contribution is 7.80. The number of hydrogen-bond donors (Lipinski definition) is 7. The third-order valence-electron chi connectivity index (χ3n) is 8.52. The molecule has 1 aliphatic carbocycles. The van der Waals surface area contributed by atoms with Gasteiger partial charge in [-0.25, -0.2) is 13.9 Å². The van der Waals surface area contributed by atoms with E-state index in [0.29, 0.717) is 27.8 Å². The SMILES string of the molecule is O=C(O)c1cc(NC(=S)NCCOCCOP(=O)([O-])OP(=O)([O-])OCC2OC(n3ccc(=O)[nH]c3=O)C(O)C2O)ccc1-c1c2ccc(=O)cc-2oc2cc(O)ccc12. The number of carboxylic acid groups (broad SMARTS) is 1. The zero-order valence-corrected chi connectivity index (χ0v) is 32.6. The Morgan fingerprint density at radius 1 is 0.932 bits per heavy atom. The van der Waals surface area contributed by atoms with Crippen LogP contribution in [0, 0.1) is 0 Å². The summed E-state index contributed by atoms with van der Waals surface area (Å²) >= 11 is 5.29. The maximum atomic E-state index is 12.5. The molecule has 2 aromatic carbocycles. The molecule has 0 radical (unpaired) electrons. The lowest BCUT2D eigenvalue weighted by molar-refractivity contribution is -0.245. The highest BCUT2D eigenvalue weighted by Gasteiger charge is 2.44. The van der Waals surface area contributed by atoms with Crippen LogP contribution in [0.5, 0.6) is 5.75 Å². The van der Waals surface area contributed by atoms with Gasteiger partial charge in [-0.15, -0.1) is 0 Å². The number of phenolic OH excluding ortho intramolecular Hbond substituents is 1. The zero-order valence-electron chi connectivity index (χ0n) is 30.0. The number of rotatable bonds is 16. The molecule has 22 nitrogen and oxygen atoms in total. The molecule has 0 spiro atoms. The molecule has 1 fully saturated rings. The first-order valence-electron chi connectivity index (χ1n) is 17.1. The first-order chi connectivity index (χ1) is 27.9. The largest absolute Gasteiger partial charge is 0.756 e. The number of aromatic hydroxyl groups is 1. The number of aromatic carboxylic acids is 1. The van der Waals surface area contributed by atoms with Crippen molar-refractivity contribution in [1.29, 1.82) is 0 Å². The third kappa shape index (κ3) is 10.6. The van der Waals surface area contributed by atoms with E-state index in [9.17, 15) is 58.5 Å². The van der Waals surface area contributed by atoms with Gasteiger partial charge in [0.15, 0.2) is 16.8 Å². The number of aromatic nitrogens is 2. The summed E-state index contributed by atoms with van der Waals surface area (Å²) in [7, 11) is -11.2. The van der Waals surface area contributed by atoms with Crippen molar-refractivity contribution in [3.63, 3.8) is 0 Å². The summed E-state index contributed by atoms with van der Waals surface area (Å²) in [5.41, 5.74) is -0.446. The molecule has 7 N–H and O–H groups in total. The molecular weight excluding hydrogens is 846 g/mol. The van der Waals surface area contributed by atoms with Crippen LogP contribution in [-0.4, -0.2) is 92.3 Å². The van der Waals surface area contributed by atoms with E-state index in [2.05, 4.69) is 24.0 Å². The van der Waals surface area contributed by atoms with Gasteiger partial charge in [-0.1, -0.05) is 6.07 Å². The minimum absolute atomic E-state index is 0.0563. The Labute approximate surface area is 335 Å². The quantitative estimate of drug-likeness (QED) is 0.0306. The minimum Gasteiger partial charge on any atom is -0.756 e. The number of nitrogens with zero attached hydrogens (tertiary/aromatic N) is 1. The number of nitrogens with one attached hydrogen (secondary N) is 3. The number of phosphoric acid groups is 2. The Kier molecular flexibility index (Phi) is 13.3. The lowest BCUT2D eigenvalue weighted by Crippen LogP contribution is -2.37. The number of thiocarbonyl (C=S) groups is 1. The fourth-order valence-electron chi connectivity index (χ4n) is 5.95. The lowest BCUT2D eigenvalue weighted by Gasteiger charge is -2.31. The standard InChI is InChI=1S/C34H34N4O18P2S/c39-18-2-5-21-24(14-18)54-25-15-19(40)3-6-22(25)28(21)20-4-1-17(13-23(20)32(44)45)36-33(59)35-8-10-51-11-12-52-57(47,48)56-58(49,50)53-16-26-29(42)30(43)31(55-26)38-9-7-27(41)37-34(38)46/h1-7,9,13-15,26,29-31,39,42-43H,8,10-12,16H2,(H,44,45)(H,47,48)(H,49,50)(H2,35,36,59)(H,37,41,46)/p-2. The van der Waals surface area contributed by atoms with E-state index in [1.165, 1.54) is 36.4 Å². The molecule has 0 bridgehead atoms. The molecule has 6 unspecified atom stereocenters. The number of phenols is 1. The van der Waals surface area contributed by atoms with Crippen LogP contribution in [-0.2, 0) is 32.0 Å². The van der Waals surface area contributed by atoms with Crippen molar-refractivity contribution in [3.8, 4) is 28.2 Å². The van der Waals surface area contributed by atoms with Crippen LogP contribution < -0.4 is 37.1 Å². The van der Waals surface area contributed by atoms with Gasteiger partial charge in [-0.2, -0.15) is 0 Å². The van der Waals surface area contributed by atoms with Crippen LogP contribution in [0.3, 0.4) is 0 Å². The predicted octanol–water partition coefficient (Wildman–Crippen LogP) is 0.428. The monoisotopic (exact) mass is 878 g/mol. The van der Waals surface area contributed by atoms with Gasteiger partial charge in [-0.3, -0.25) is 28.3 Å². The summed E-state index contributed by atoms with van der Waals surface area (Å²) in [6.45, 7) is -2.06. The van der Waals surface area contributed by atoms with Gasteiger partial charge in [0.25, 0.3) is 21.2 Å². The molecular formula is C34H32N4O18P2S-2. The Morgan fingerprint density at radius 3 is 2.42 bits per heavy atom. The van der Waals surface area contributed by atoms with Gasteiger partial charge in [0, 0.05) is 53.1 Å². The molecule has 25 heteroatoms. The van der Waals surface area contributed by atoms with E-state index in [1.54, 1.807) is 18.2 Å². The van der Waals surface area contributed by atoms with E-state index >= 15 is 0 Å². The van der Waals surface area contributed by atoms with E-state index in [0.717, 1.165) is 16.8 Å². The second-order valence-electron chi connectivity index (χ2n) is 12.5. The van der Waals surface area contributed by atoms with Crippen molar-refractivity contribution in [2.45, 2.75) is 24.5 Å². The summed E-state index contributed by atoms with van der Waals surface area (Å²) in [6.07, 6.45) is -5.72. The summed E-state index contributed by atoms with van der Waals surface area (Å²) in [6, 6.07) is 13.9. The average molecular weight is 879 g/mol. The van der Waals surface area contributed by atoms with Crippen molar-refractivity contribution >= 4 is 55.6 Å². The number of aromatic amines is 1. The van der Waals surface area contributed by atoms with E-state index in [-0.39, 0.29) is 53.0 Å². The maximum absolute atomic E-state index is 12.5. The number of ether oxygens (including phenoxy) is 2. The molecule has 2 aliphatic heterocycles. The Morgan fingerprint density at radius 2 is 1.68 bits per heavy atom. The molecule has 1 saturated heterocycles. The summed E-state index contributed by atoms with van der Waals surface area (Å²) in [5, 5.41) is 46.9. The van der Waals surface area contributed by atoms with E-state index in [4.69, 9.17) is 26.1 Å². The fourth-order valence-corrected chi connectivity index (χ4v) is 8.15. The van der Waals surface area contributed by atoms with Crippen molar-refractivity contribution in [2.24, 2.45) is 0 Å². The van der Waals surface area contributed by atoms with Gasteiger partial charge in [-0.05, 0) is 54.2 Å². The van der Waals surface area contributed by atoms with Crippen LogP contribution in [0.25, 0.3) is 33.4 Å². The van der Waals surface area contributed by atoms with Crippen LogP contribution in [0.15, 0.2) is 85.7 Å². The summed E-state index contributed by atoms with van der Waals surface area (Å²) in [5.74, 6) is -1.17. The smallest absolute Gasteiger partial charge is 0.336 e. The maximum Gasteiger partial charge on any atom is 0.336 e. The zero-order chi connectivity index (χ0) is 42.6. The molecule has 1 aromatic heterocycles. The Bertz CT molecular complexity index is 2630. The van der Waals surface area contributed by atoms with Crippen LogP contribution >= 0.6 is 27.9 Å². The molecule has 3 aromatic rings. The Balaban J connectivity index is 0.951. The number of aliphatic hydroxyl groups is 2. The van der Waals surface area contributed by atoms with Crippen molar-refractivity contribution in [2.75, 3.05) is 38.3 Å². The average Bonchev–Trinajstić information content (AvgIpc) is 3.44. The lowest BCUT2D eigenvalue weighted by atomic mass is 9.90. The summed E-state index contributed by atoms with van der Waals surface area (Å²) < 4.78 is 54.4. The van der Waals surface area contributed by atoms with Gasteiger partial charge in [0.1, 0.15) is 35.4 Å². The summed E-state index contributed by atoms with van der Waals surface area (Å²) in [4.78, 5) is 74.0. The van der Waals surface area contributed by atoms with Gasteiger partial charge >= 0.3 is 11.7 Å². The van der Waals surface area contributed by atoms with Gasteiger partial charge in [0.2, 0.25) is 0 Å². The van der Waals surface area contributed by atoms with Crippen molar-refractivity contribution in [3.05, 3.63) is 103 Å². The fraction of sp³-hybridized carbons (Fsp3) is 0.265. The third-order valence-corrected chi connectivity index (χ3v) is 11.3. The number of aliphatic hydroxyl groups excluding tert-OH is 2. The number of H-pyrrole nitrogens is 1. The molecule has 6 rings (SSSR count). The molecule has 314 valence electrons. The molecule has 0 saturated carbocycles. The van der Waals surface area contributed by atoms with E-state index < -0.39 is 70.6 Å². The molecule has 59 heavy (non-hydrogen) atoms. The highest BCUT2D eigenvalue weighted by atomic mass is 32.1. The molecule has 3 heterocycles. The Hall–Kier alpha value is -5.13. The second-order valence-corrected chi connectivity index (χ2v) is 15.9. The molecule has 6 atom stereocenters. The van der Waals surface area contributed by atoms with Crippen LogP contribution in [0.2, 0.25) is 0 Å². The number of benzene rings is 3. The normalized spacial score (nSPS) is 19.9. The van der Waals surface area contributed by atoms with Gasteiger partial charge < -0.3 is 63.8 Å². The van der Waals surface area contributed by atoms with E-state index in [1.807, 2.05) is 4.98 Å².